The molecule has 0 saturated carbocycles. The zero-order chi connectivity index (χ0) is 16.1. The lowest BCUT2D eigenvalue weighted by Gasteiger charge is -2.19. The van der Waals surface area contributed by atoms with E-state index in [9.17, 15) is 13.2 Å². The van der Waals surface area contributed by atoms with Crippen LogP contribution in [0.25, 0.3) is 0 Å². The first-order valence-corrected chi connectivity index (χ1v) is 6.41. The predicted molar refractivity (Wildman–Crippen MR) is 68.8 cm³/mol. The van der Waals surface area contributed by atoms with Gasteiger partial charge in [-0.15, -0.1) is 0 Å². The number of halogens is 3. The largest absolute Gasteiger partial charge is 0.389 e. The number of nitrogens with zero attached hydrogens (tertiary/aromatic N) is 4. The Kier molecular flexibility index (Phi) is 5.26. The lowest BCUT2D eigenvalue weighted by molar-refractivity contribution is -0.138. The minimum Gasteiger partial charge on any atom is -0.241 e. The van der Waals surface area contributed by atoms with Crippen molar-refractivity contribution in [2.24, 2.45) is 5.41 Å². The second kappa shape index (κ2) is 6.53. The third-order valence-corrected chi connectivity index (χ3v) is 3.01. The Hall–Kier alpha value is -2.15. The van der Waals surface area contributed by atoms with Gasteiger partial charge in [0.05, 0.1) is 12.1 Å². The van der Waals surface area contributed by atoms with Gasteiger partial charge in [-0.3, -0.25) is 0 Å². The Morgan fingerprint density at radius 2 is 1.62 bits per heavy atom. The summed E-state index contributed by atoms with van der Waals surface area (Å²) < 4.78 is 36.9. The smallest absolute Gasteiger partial charge is 0.241 e. The summed E-state index contributed by atoms with van der Waals surface area (Å²) in [6, 6.07) is 3.41. The fourth-order valence-electron chi connectivity index (χ4n) is 1.76. The molecule has 1 heterocycles. The number of nitriles is 2. The van der Waals surface area contributed by atoms with E-state index in [4.69, 9.17) is 10.5 Å². The van der Waals surface area contributed by atoms with Gasteiger partial charge >= 0.3 is 6.18 Å². The van der Waals surface area contributed by atoms with Crippen LogP contribution in [0.2, 0.25) is 0 Å². The number of alkyl halides is 3. The highest BCUT2D eigenvalue weighted by Gasteiger charge is 2.37. The van der Waals surface area contributed by atoms with Gasteiger partial charge in [0.2, 0.25) is 0 Å². The molecule has 0 aliphatic heterocycles. The number of aromatic nitrogens is 2. The van der Waals surface area contributed by atoms with Crippen LogP contribution < -0.4 is 0 Å². The molecule has 0 aliphatic carbocycles. The molecule has 0 radical (unpaired) electrons. The summed E-state index contributed by atoms with van der Waals surface area (Å²) in [7, 11) is 0. The van der Waals surface area contributed by atoms with Crippen molar-refractivity contribution in [1.82, 2.24) is 9.97 Å². The standard InChI is InChI=1S/C14H15F3N4/c1-10(2)12-20-6-11(7-21-12)5-13(8-18,9-19)3-4-14(15,16)17/h6-7,10H,3-5H2,1-2H3. The van der Waals surface area contributed by atoms with Crippen molar-refractivity contribution >= 4 is 0 Å². The zero-order valence-corrected chi connectivity index (χ0v) is 11.8. The predicted octanol–water partition coefficient (Wildman–Crippen LogP) is 3.52. The first kappa shape index (κ1) is 16.9. The van der Waals surface area contributed by atoms with E-state index in [1.165, 1.54) is 12.4 Å². The maximum absolute atomic E-state index is 12.3. The van der Waals surface area contributed by atoms with Crippen LogP contribution in [0.4, 0.5) is 13.2 Å². The van der Waals surface area contributed by atoms with Crippen molar-refractivity contribution in [3.05, 3.63) is 23.8 Å². The van der Waals surface area contributed by atoms with E-state index in [1.807, 2.05) is 13.8 Å². The number of rotatable bonds is 5. The van der Waals surface area contributed by atoms with Crippen LogP contribution in [0.15, 0.2) is 12.4 Å². The molecule has 0 amide bonds. The first-order valence-electron chi connectivity index (χ1n) is 6.41. The highest BCUT2D eigenvalue weighted by atomic mass is 19.4. The molecular weight excluding hydrogens is 281 g/mol. The number of hydrogen-bond acceptors (Lipinski definition) is 4. The number of hydrogen-bond donors (Lipinski definition) is 0. The normalized spacial score (nSPS) is 12.0. The van der Waals surface area contributed by atoms with Crippen LogP contribution in [0, 0.1) is 28.1 Å². The lowest BCUT2D eigenvalue weighted by Crippen LogP contribution is -2.23. The monoisotopic (exact) mass is 296 g/mol. The van der Waals surface area contributed by atoms with E-state index in [2.05, 4.69) is 9.97 Å². The molecule has 112 valence electrons. The van der Waals surface area contributed by atoms with E-state index < -0.39 is 24.4 Å². The maximum atomic E-state index is 12.3. The van der Waals surface area contributed by atoms with Crippen molar-refractivity contribution < 1.29 is 13.2 Å². The van der Waals surface area contributed by atoms with Crippen LogP contribution >= 0.6 is 0 Å². The Morgan fingerprint density at radius 1 is 1.10 bits per heavy atom. The third-order valence-electron chi connectivity index (χ3n) is 3.01. The summed E-state index contributed by atoms with van der Waals surface area (Å²) in [6.07, 6.45) is -3.32. The molecule has 7 heteroatoms. The molecule has 0 bridgehead atoms. The van der Waals surface area contributed by atoms with Gasteiger partial charge in [-0.25, -0.2) is 9.97 Å². The Bertz CT molecular complexity index is 536. The molecule has 1 aromatic heterocycles. The zero-order valence-electron chi connectivity index (χ0n) is 11.8. The van der Waals surface area contributed by atoms with Gasteiger partial charge in [-0.2, -0.15) is 23.7 Å². The SMILES string of the molecule is CC(C)c1ncc(CC(C#N)(C#N)CCC(F)(F)F)cn1. The van der Waals surface area contributed by atoms with Gasteiger partial charge in [0, 0.05) is 31.2 Å². The summed E-state index contributed by atoms with van der Waals surface area (Å²) in [5.74, 6) is 0.731. The summed E-state index contributed by atoms with van der Waals surface area (Å²) in [6.45, 7) is 3.82. The van der Waals surface area contributed by atoms with Gasteiger partial charge < -0.3 is 0 Å². The minimum atomic E-state index is -4.39. The van der Waals surface area contributed by atoms with Crippen molar-refractivity contribution in [3.63, 3.8) is 0 Å². The average molecular weight is 296 g/mol. The fraction of sp³-hybridized carbons (Fsp3) is 0.571. The molecule has 0 fully saturated rings. The van der Waals surface area contributed by atoms with Crippen LogP contribution in [0.1, 0.15) is 44.0 Å². The molecule has 0 atom stereocenters. The van der Waals surface area contributed by atoms with Gasteiger partial charge in [-0.1, -0.05) is 13.8 Å². The van der Waals surface area contributed by atoms with Gasteiger partial charge in [0.15, 0.2) is 0 Å². The Balaban J connectivity index is 2.88. The lowest BCUT2D eigenvalue weighted by atomic mass is 9.81. The molecule has 0 N–H and O–H groups in total. The molecule has 1 rings (SSSR count). The molecule has 4 nitrogen and oxygen atoms in total. The van der Waals surface area contributed by atoms with Gasteiger partial charge in [0.1, 0.15) is 11.2 Å². The topological polar surface area (TPSA) is 73.4 Å². The minimum absolute atomic E-state index is 0.117. The fourth-order valence-corrected chi connectivity index (χ4v) is 1.76. The van der Waals surface area contributed by atoms with Crippen LogP contribution in [-0.4, -0.2) is 16.1 Å². The van der Waals surface area contributed by atoms with Crippen LogP contribution in [0.5, 0.6) is 0 Å². The summed E-state index contributed by atoms with van der Waals surface area (Å²) in [4.78, 5) is 8.18. The van der Waals surface area contributed by atoms with E-state index in [1.54, 1.807) is 12.1 Å². The molecule has 0 aliphatic rings. The van der Waals surface area contributed by atoms with Crippen molar-refractivity contribution in [2.75, 3.05) is 0 Å². The van der Waals surface area contributed by atoms with E-state index in [-0.39, 0.29) is 12.3 Å². The van der Waals surface area contributed by atoms with E-state index in [0.717, 1.165) is 0 Å². The van der Waals surface area contributed by atoms with Gasteiger partial charge in [-0.05, 0) is 12.0 Å². The molecule has 21 heavy (non-hydrogen) atoms. The quantitative estimate of drug-likeness (QED) is 0.833. The highest BCUT2D eigenvalue weighted by Crippen LogP contribution is 2.32. The summed E-state index contributed by atoms with van der Waals surface area (Å²) in [5.41, 5.74) is -1.23. The third kappa shape index (κ3) is 5.03. The Labute approximate surface area is 121 Å². The van der Waals surface area contributed by atoms with Crippen molar-refractivity contribution in [3.8, 4) is 12.1 Å². The molecule has 0 spiro atoms. The van der Waals surface area contributed by atoms with Gasteiger partial charge in [0.25, 0.3) is 0 Å². The summed E-state index contributed by atoms with van der Waals surface area (Å²) >= 11 is 0. The van der Waals surface area contributed by atoms with Crippen molar-refractivity contribution in [2.45, 2.75) is 45.2 Å². The molecular formula is C14H15F3N4. The van der Waals surface area contributed by atoms with Crippen LogP contribution in [0.3, 0.4) is 0 Å². The molecule has 0 aromatic carbocycles. The average Bonchev–Trinajstić information content (AvgIpc) is 2.43. The van der Waals surface area contributed by atoms with Crippen molar-refractivity contribution in [1.29, 1.82) is 10.5 Å². The second-order valence-electron chi connectivity index (χ2n) is 5.20. The maximum Gasteiger partial charge on any atom is 0.389 e. The molecule has 0 unspecified atom stereocenters. The first-order chi connectivity index (χ1) is 9.71. The van der Waals surface area contributed by atoms with E-state index in [0.29, 0.717) is 11.4 Å². The second-order valence-corrected chi connectivity index (χ2v) is 5.20. The highest BCUT2D eigenvalue weighted by molar-refractivity contribution is 5.21. The van der Waals surface area contributed by atoms with E-state index >= 15 is 0 Å². The van der Waals surface area contributed by atoms with Crippen LogP contribution in [-0.2, 0) is 6.42 Å². The molecule has 1 aromatic rings. The summed E-state index contributed by atoms with van der Waals surface area (Å²) in [5, 5.41) is 18.2. The molecule has 0 saturated heterocycles. The Morgan fingerprint density at radius 3 is 2.00 bits per heavy atom.